The maximum Gasteiger partial charge on any atom is 0.317 e. The molecule has 1 aliphatic heterocycles. The summed E-state index contributed by atoms with van der Waals surface area (Å²) in [5.41, 5.74) is 0.0562. The maximum absolute atomic E-state index is 13.0. The first kappa shape index (κ1) is 20.9. The van der Waals surface area contributed by atoms with Crippen molar-refractivity contribution in [2.75, 3.05) is 19.7 Å². The van der Waals surface area contributed by atoms with Gasteiger partial charge in [0.15, 0.2) is 6.61 Å². The topological polar surface area (TPSA) is 75.7 Å². The molecule has 1 fully saturated rings. The lowest BCUT2D eigenvalue weighted by atomic mass is 9.72. The van der Waals surface area contributed by atoms with E-state index in [1.165, 1.54) is 6.92 Å². The van der Waals surface area contributed by atoms with Gasteiger partial charge in [-0.3, -0.25) is 14.4 Å². The fourth-order valence-corrected chi connectivity index (χ4v) is 3.66. The average Bonchev–Trinajstić information content (AvgIpc) is 2.67. The van der Waals surface area contributed by atoms with Gasteiger partial charge in [-0.25, -0.2) is 0 Å². The van der Waals surface area contributed by atoms with Crippen molar-refractivity contribution in [3.8, 4) is 0 Å². The zero-order chi connectivity index (χ0) is 19.9. The van der Waals surface area contributed by atoms with Gasteiger partial charge in [0.1, 0.15) is 0 Å². The first-order valence-electron chi connectivity index (χ1n) is 9.66. The Labute approximate surface area is 161 Å². The molecule has 1 aliphatic rings. The number of carbonyl (C=O) groups is 3. The molecule has 1 aromatic rings. The van der Waals surface area contributed by atoms with Crippen molar-refractivity contribution < 1.29 is 19.1 Å². The quantitative estimate of drug-likeness (QED) is 0.744. The van der Waals surface area contributed by atoms with Crippen molar-refractivity contribution in [1.29, 1.82) is 0 Å². The van der Waals surface area contributed by atoms with Gasteiger partial charge >= 0.3 is 5.97 Å². The minimum Gasteiger partial charge on any atom is -0.455 e. The van der Waals surface area contributed by atoms with Crippen molar-refractivity contribution in [2.45, 2.75) is 57.9 Å². The van der Waals surface area contributed by atoms with Crippen LogP contribution in [-0.4, -0.2) is 48.4 Å². The van der Waals surface area contributed by atoms with E-state index >= 15 is 0 Å². The van der Waals surface area contributed by atoms with E-state index in [-0.39, 0.29) is 24.5 Å². The number of likely N-dealkylation sites (tertiary alicyclic amines) is 1. The number of piperidine rings is 1. The van der Waals surface area contributed by atoms with Crippen molar-refractivity contribution in [2.24, 2.45) is 0 Å². The number of hydrogen-bond acceptors (Lipinski definition) is 4. The van der Waals surface area contributed by atoms with E-state index in [9.17, 15) is 14.4 Å². The zero-order valence-corrected chi connectivity index (χ0v) is 16.5. The lowest BCUT2D eigenvalue weighted by molar-refractivity contribution is -0.157. The highest BCUT2D eigenvalue weighted by Crippen LogP contribution is 2.37. The molecule has 6 heteroatoms. The monoisotopic (exact) mass is 374 g/mol. The normalized spacial score (nSPS) is 17.1. The molecule has 6 nitrogen and oxygen atoms in total. The number of nitrogens with one attached hydrogen (secondary N) is 1. The largest absolute Gasteiger partial charge is 0.455 e. The fourth-order valence-electron chi connectivity index (χ4n) is 3.66. The molecule has 2 amide bonds. The van der Waals surface area contributed by atoms with E-state index in [1.807, 2.05) is 37.3 Å². The zero-order valence-electron chi connectivity index (χ0n) is 16.5. The SMILES string of the molecule is CCC[C@@H](C)NC(=O)COC(=O)C1(c2ccccc2)CCN(C(C)=O)CC1. The number of rotatable bonds is 7. The van der Waals surface area contributed by atoms with Gasteiger partial charge in [-0.15, -0.1) is 0 Å². The summed E-state index contributed by atoms with van der Waals surface area (Å²) in [5, 5.41) is 2.84. The van der Waals surface area contributed by atoms with Crippen molar-refractivity contribution >= 4 is 17.8 Å². The number of nitrogens with zero attached hydrogens (tertiary/aromatic N) is 1. The Morgan fingerprint density at radius 3 is 2.37 bits per heavy atom. The number of carbonyl (C=O) groups excluding carboxylic acids is 3. The first-order valence-corrected chi connectivity index (χ1v) is 9.66. The predicted octanol–water partition coefficient (Wildman–Crippen LogP) is 2.41. The van der Waals surface area contributed by atoms with E-state index in [0.717, 1.165) is 18.4 Å². The van der Waals surface area contributed by atoms with E-state index in [1.54, 1.807) is 4.90 Å². The van der Waals surface area contributed by atoms with Gasteiger partial charge in [-0.2, -0.15) is 0 Å². The molecule has 1 atom stereocenters. The lowest BCUT2D eigenvalue weighted by Gasteiger charge is -2.40. The van der Waals surface area contributed by atoms with Crippen LogP contribution in [0.15, 0.2) is 30.3 Å². The van der Waals surface area contributed by atoms with Gasteiger partial charge in [0.05, 0.1) is 5.41 Å². The predicted molar refractivity (Wildman–Crippen MR) is 103 cm³/mol. The highest BCUT2D eigenvalue weighted by Gasteiger charge is 2.44. The van der Waals surface area contributed by atoms with Gasteiger partial charge in [-0.1, -0.05) is 43.7 Å². The summed E-state index contributed by atoms with van der Waals surface area (Å²) < 4.78 is 5.42. The van der Waals surface area contributed by atoms with Crippen LogP contribution in [0.1, 0.15) is 52.0 Å². The molecule has 27 heavy (non-hydrogen) atoms. The van der Waals surface area contributed by atoms with Gasteiger partial charge in [0, 0.05) is 26.1 Å². The maximum atomic E-state index is 13.0. The summed E-state index contributed by atoms with van der Waals surface area (Å²) in [6, 6.07) is 9.56. The summed E-state index contributed by atoms with van der Waals surface area (Å²) in [6.07, 6.45) is 2.84. The Balaban J connectivity index is 2.07. The van der Waals surface area contributed by atoms with Crippen LogP contribution in [0.2, 0.25) is 0 Å². The molecule has 0 aliphatic carbocycles. The minimum atomic E-state index is -0.817. The van der Waals surface area contributed by atoms with E-state index in [2.05, 4.69) is 12.2 Å². The van der Waals surface area contributed by atoms with E-state index in [4.69, 9.17) is 4.74 Å². The second kappa shape index (κ2) is 9.53. The van der Waals surface area contributed by atoms with Crippen LogP contribution in [0.25, 0.3) is 0 Å². The molecular formula is C21H30N2O4. The number of ether oxygens (including phenoxy) is 1. The molecular weight excluding hydrogens is 344 g/mol. The Hall–Kier alpha value is -2.37. The highest BCUT2D eigenvalue weighted by molar-refractivity contribution is 5.87. The Bertz CT molecular complexity index is 651. The molecule has 0 radical (unpaired) electrons. The Kier molecular flexibility index (Phi) is 7.39. The number of benzene rings is 1. The van der Waals surface area contributed by atoms with E-state index in [0.29, 0.717) is 25.9 Å². The third-order valence-corrected chi connectivity index (χ3v) is 5.24. The fraction of sp³-hybridized carbons (Fsp3) is 0.571. The lowest BCUT2D eigenvalue weighted by Crippen LogP contribution is -2.49. The Morgan fingerprint density at radius 1 is 1.19 bits per heavy atom. The summed E-state index contributed by atoms with van der Waals surface area (Å²) in [7, 11) is 0. The van der Waals surface area contributed by atoms with Crippen LogP contribution in [0, 0.1) is 0 Å². The summed E-state index contributed by atoms with van der Waals surface area (Å²) >= 11 is 0. The third-order valence-electron chi connectivity index (χ3n) is 5.24. The molecule has 0 saturated carbocycles. The third kappa shape index (κ3) is 5.31. The molecule has 0 bridgehead atoms. The van der Waals surface area contributed by atoms with Crippen LogP contribution in [0.3, 0.4) is 0 Å². The number of amides is 2. The molecule has 2 rings (SSSR count). The Morgan fingerprint density at radius 2 is 1.81 bits per heavy atom. The summed E-state index contributed by atoms with van der Waals surface area (Å²) in [4.78, 5) is 38.5. The molecule has 1 aromatic carbocycles. The second-order valence-corrected chi connectivity index (χ2v) is 7.29. The minimum absolute atomic E-state index is 0.00863. The molecule has 0 unspecified atom stereocenters. The van der Waals surface area contributed by atoms with Crippen molar-refractivity contribution in [1.82, 2.24) is 10.2 Å². The van der Waals surface area contributed by atoms with Crippen LogP contribution >= 0.6 is 0 Å². The first-order chi connectivity index (χ1) is 12.9. The molecule has 0 spiro atoms. The second-order valence-electron chi connectivity index (χ2n) is 7.29. The highest BCUT2D eigenvalue weighted by atomic mass is 16.5. The number of hydrogen-bond donors (Lipinski definition) is 1. The summed E-state index contributed by atoms with van der Waals surface area (Å²) in [5.74, 6) is -0.668. The van der Waals surface area contributed by atoms with Crippen LogP contribution < -0.4 is 5.32 Å². The average molecular weight is 374 g/mol. The van der Waals surface area contributed by atoms with Crippen molar-refractivity contribution in [3.05, 3.63) is 35.9 Å². The van der Waals surface area contributed by atoms with Crippen molar-refractivity contribution in [3.63, 3.8) is 0 Å². The molecule has 1 N–H and O–H groups in total. The summed E-state index contributed by atoms with van der Waals surface area (Å²) in [6.45, 7) is 6.25. The van der Waals surface area contributed by atoms with Crippen LogP contribution in [0.4, 0.5) is 0 Å². The molecule has 0 aromatic heterocycles. The van der Waals surface area contributed by atoms with Gasteiger partial charge < -0.3 is 15.0 Å². The molecule has 1 heterocycles. The van der Waals surface area contributed by atoms with E-state index < -0.39 is 11.4 Å². The molecule has 1 saturated heterocycles. The standard InChI is InChI=1S/C21H30N2O4/c1-4-8-16(2)22-19(25)15-27-20(26)21(18-9-6-5-7-10-18)11-13-23(14-12-21)17(3)24/h5-7,9-10,16H,4,8,11-15H2,1-3H3,(H,22,25)/t16-/m1/s1. The number of esters is 1. The van der Waals surface area contributed by atoms with Gasteiger partial charge in [-0.05, 0) is 31.7 Å². The van der Waals surface area contributed by atoms with Gasteiger partial charge in [0.2, 0.25) is 5.91 Å². The van der Waals surface area contributed by atoms with Crippen LogP contribution in [0.5, 0.6) is 0 Å². The smallest absolute Gasteiger partial charge is 0.317 e. The van der Waals surface area contributed by atoms with Gasteiger partial charge in [0.25, 0.3) is 5.91 Å². The molecule has 148 valence electrons. The van der Waals surface area contributed by atoms with Crippen LogP contribution in [-0.2, 0) is 24.5 Å².